The van der Waals surface area contributed by atoms with Crippen molar-refractivity contribution in [3.63, 3.8) is 0 Å². The molecule has 106 valence electrons. The molecule has 2 rings (SSSR count). The molecule has 0 aliphatic rings. The van der Waals surface area contributed by atoms with Crippen LogP contribution in [0.4, 0.5) is 0 Å². The predicted molar refractivity (Wildman–Crippen MR) is 77.1 cm³/mol. The van der Waals surface area contributed by atoms with Crippen LogP contribution in [0, 0.1) is 0 Å². The van der Waals surface area contributed by atoms with Crippen molar-refractivity contribution in [3.05, 3.63) is 42.2 Å². The molecule has 1 aromatic heterocycles. The van der Waals surface area contributed by atoms with Crippen LogP contribution in [0.5, 0.6) is 17.5 Å². The molecule has 1 heterocycles. The molecule has 5 nitrogen and oxygen atoms in total. The lowest BCUT2D eigenvalue weighted by Crippen LogP contribution is -2.12. The minimum absolute atomic E-state index is 0.332. The fourth-order valence-corrected chi connectivity index (χ4v) is 1.66. The molecule has 5 heteroatoms. The van der Waals surface area contributed by atoms with Crippen LogP contribution < -0.4 is 14.8 Å². The maximum atomic E-state index is 5.60. The molecule has 0 radical (unpaired) electrons. The third-order valence-electron chi connectivity index (χ3n) is 2.59. The lowest BCUT2D eigenvalue weighted by molar-refractivity contribution is 0.337. The molecule has 20 heavy (non-hydrogen) atoms. The number of benzene rings is 1. The Bertz CT molecular complexity index is 529. The van der Waals surface area contributed by atoms with E-state index in [4.69, 9.17) is 9.47 Å². The zero-order valence-electron chi connectivity index (χ0n) is 11.8. The Labute approximate surface area is 119 Å². The maximum Gasteiger partial charge on any atom is 0.321 e. The number of ether oxygens (including phenoxy) is 2. The monoisotopic (exact) mass is 273 g/mol. The first-order chi connectivity index (χ1) is 9.81. The van der Waals surface area contributed by atoms with Crippen molar-refractivity contribution < 1.29 is 9.47 Å². The normalized spacial score (nSPS) is 10.3. The quantitative estimate of drug-likeness (QED) is 0.840. The molecule has 0 aliphatic heterocycles. The van der Waals surface area contributed by atoms with Crippen molar-refractivity contribution in [2.75, 3.05) is 13.2 Å². The van der Waals surface area contributed by atoms with Crippen molar-refractivity contribution >= 4 is 0 Å². The lowest BCUT2D eigenvalue weighted by atomic mass is 10.3. The van der Waals surface area contributed by atoms with Crippen LogP contribution in [0.15, 0.2) is 36.7 Å². The van der Waals surface area contributed by atoms with Gasteiger partial charge in [-0.1, -0.05) is 13.0 Å². The van der Waals surface area contributed by atoms with Crippen LogP contribution in [-0.4, -0.2) is 23.1 Å². The molecule has 0 aliphatic carbocycles. The number of aromatic nitrogens is 2. The van der Waals surface area contributed by atoms with Crippen LogP contribution in [0.1, 0.15) is 19.4 Å². The van der Waals surface area contributed by atoms with Crippen LogP contribution in [-0.2, 0) is 6.54 Å². The highest BCUT2D eigenvalue weighted by Gasteiger charge is 2.02. The Kier molecular flexibility index (Phi) is 5.32. The fraction of sp³-hybridized carbons (Fsp3) is 0.333. The summed E-state index contributed by atoms with van der Waals surface area (Å²) in [7, 11) is 0. The first-order valence-corrected chi connectivity index (χ1v) is 6.74. The highest BCUT2D eigenvalue weighted by Crippen LogP contribution is 2.22. The van der Waals surface area contributed by atoms with Gasteiger partial charge < -0.3 is 14.8 Å². The van der Waals surface area contributed by atoms with Gasteiger partial charge in [-0.05, 0) is 25.6 Å². The van der Waals surface area contributed by atoms with Gasteiger partial charge in [-0.25, -0.2) is 9.97 Å². The van der Waals surface area contributed by atoms with Crippen molar-refractivity contribution in [1.29, 1.82) is 0 Å². The summed E-state index contributed by atoms with van der Waals surface area (Å²) in [6.45, 7) is 6.31. The first-order valence-electron chi connectivity index (χ1n) is 6.74. The summed E-state index contributed by atoms with van der Waals surface area (Å²) >= 11 is 0. The van der Waals surface area contributed by atoms with E-state index in [0.717, 1.165) is 24.4 Å². The molecular weight excluding hydrogens is 254 g/mol. The van der Waals surface area contributed by atoms with Gasteiger partial charge in [0.05, 0.1) is 6.61 Å². The van der Waals surface area contributed by atoms with E-state index in [0.29, 0.717) is 18.4 Å². The summed E-state index contributed by atoms with van der Waals surface area (Å²) in [5, 5.41) is 3.22. The minimum Gasteiger partial charge on any atom is -0.494 e. The zero-order chi connectivity index (χ0) is 14.2. The average Bonchev–Trinajstić information content (AvgIpc) is 2.47. The van der Waals surface area contributed by atoms with E-state index >= 15 is 0 Å². The van der Waals surface area contributed by atoms with E-state index < -0.39 is 0 Å². The number of nitrogens with one attached hydrogen (secondary N) is 1. The van der Waals surface area contributed by atoms with Gasteiger partial charge in [0.1, 0.15) is 11.5 Å². The van der Waals surface area contributed by atoms with Crippen LogP contribution in [0.3, 0.4) is 0 Å². The SMILES string of the molecule is CCNCc1cnc(Oc2cccc(OCC)c2)nc1. The summed E-state index contributed by atoms with van der Waals surface area (Å²) in [6, 6.07) is 7.76. The Balaban J connectivity index is 2.00. The fourth-order valence-electron chi connectivity index (χ4n) is 1.66. The zero-order valence-corrected chi connectivity index (χ0v) is 11.8. The largest absolute Gasteiger partial charge is 0.494 e. The van der Waals surface area contributed by atoms with E-state index in [1.165, 1.54) is 0 Å². The highest BCUT2D eigenvalue weighted by atomic mass is 16.5. The van der Waals surface area contributed by atoms with Crippen molar-refractivity contribution in [3.8, 4) is 17.5 Å². The van der Waals surface area contributed by atoms with Crippen molar-refractivity contribution in [2.24, 2.45) is 0 Å². The van der Waals surface area contributed by atoms with Gasteiger partial charge in [0.15, 0.2) is 0 Å². The second-order valence-electron chi connectivity index (χ2n) is 4.16. The first kappa shape index (κ1) is 14.3. The lowest BCUT2D eigenvalue weighted by Gasteiger charge is -2.07. The van der Waals surface area contributed by atoms with E-state index in [2.05, 4.69) is 22.2 Å². The van der Waals surface area contributed by atoms with Crippen LogP contribution in [0.2, 0.25) is 0 Å². The number of hydrogen-bond acceptors (Lipinski definition) is 5. The van der Waals surface area contributed by atoms with E-state index in [1.807, 2.05) is 31.2 Å². The second-order valence-corrected chi connectivity index (χ2v) is 4.16. The summed E-state index contributed by atoms with van der Waals surface area (Å²) in [5.41, 5.74) is 1.03. The molecule has 0 unspecified atom stereocenters. The van der Waals surface area contributed by atoms with Gasteiger partial charge >= 0.3 is 6.01 Å². The molecular formula is C15H19N3O2. The molecule has 2 aromatic rings. The smallest absolute Gasteiger partial charge is 0.321 e. The van der Waals surface area contributed by atoms with Crippen LogP contribution in [0.25, 0.3) is 0 Å². The van der Waals surface area contributed by atoms with Crippen molar-refractivity contribution in [1.82, 2.24) is 15.3 Å². The molecule has 1 N–H and O–H groups in total. The molecule has 0 amide bonds. The third-order valence-corrected chi connectivity index (χ3v) is 2.59. The molecule has 0 saturated carbocycles. The Morgan fingerprint density at radius 1 is 1.10 bits per heavy atom. The van der Waals surface area contributed by atoms with Crippen molar-refractivity contribution in [2.45, 2.75) is 20.4 Å². The molecule has 0 fully saturated rings. The van der Waals surface area contributed by atoms with E-state index in [1.54, 1.807) is 12.4 Å². The average molecular weight is 273 g/mol. The highest BCUT2D eigenvalue weighted by molar-refractivity contribution is 5.34. The van der Waals surface area contributed by atoms with Crippen LogP contribution >= 0.6 is 0 Å². The number of hydrogen-bond donors (Lipinski definition) is 1. The Hall–Kier alpha value is -2.14. The van der Waals surface area contributed by atoms with Gasteiger partial charge in [-0.15, -0.1) is 0 Å². The summed E-state index contributed by atoms with van der Waals surface area (Å²) in [5.74, 6) is 1.43. The Morgan fingerprint density at radius 2 is 1.85 bits per heavy atom. The number of nitrogens with zero attached hydrogens (tertiary/aromatic N) is 2. The van der Waals surface area contributed by atoms with Gasteiger partial charge in [-0.3, -0.25) is 0 Å². The molecule has 0 spiro atoms. The standard InChI is InChI=1S/C15H19N3O2/c1-3-16-9-12-10-17-15(18-11-12)20-14-7-5-6-13(8-14)19-4-2/h5-8,10-11,16H,3-4,9H2,1-2H3. The second kappa shape index (κ2) is 7.45. The topological polar surface area (TPSA) is 56.3 Å². The Morgan fingerprint density at radius 3 is 2.55 bits per heavy atom. The van der Waals surface area contributed by atoms with E-state index in [-0.39, 0.29) is 0 Å². The summed E-state index contributed by atoms with van der Waals surface area (Å²) in [4.78, 5) is 8.38. The van der Waals surface area contributed by atoms with Gasteiger partial charge in [0, 0.05) is 30.6 Å². The minimum atomic E-state index is 0.332. The predicted octanol–water partition coefficient (Wildman–Crippen LogP) is 2.78. The number of rotatable bonds is 7. The summed E-state index contributed by atoms with van der Waals surface area (Å²) in [6.07, 6.45) is 3.52. The molecule has 1 aromatic carbocycles. The summed E-state index contributed by atoms with van der Waals surface area (Å²) < 4.78 is 11.0. The van der Waals surface area contributed by atoms with Gasteiger partial charge in [-0.2, -0.15) is 0 Å². The van der Waals surface area contributed by atoms with Gasteiger partial charge in [0.2, 0.25) is 0 Å². The molecule has 0 atom stereocenters. The molecule has 0 bridgehead atoms. The van der Waals surface area contributed by atoms with E-state index in [9.17, 15) is 0 Å². The maximum absolute atomic E-state index is 5.60. The van der Waals surface area contributed by atoms with Gasteiger partial charge in [0.25, 0.3) is 0 Å². The molecule has 0 saturated heterocycles. The third kappa shape index (κ3) is 4.20.